The zero-order chi connectivity index (χ0) is 12.6. The standard InChI is InChI=1S/C14H18BrNO/c1-9-6-11(9)8-16(3)14-7-12(15)4-5-13(14)10(2)17/h4-5,7,9,11H,6,8H2,1-3H3. The SMILES string of the molecule is CC(=O)c1ccc(Br)cc1N(C)CC1CC1C. The number of ketones is 1. The summed E-state index contributed by atoms with van der Waals surface area (Å²) in [5.41, 5.74) is 1.84. The van der Waals surface area contributed by atoms with Gasteiger partial charge in [-0.3, -0.25) is 4.79 Å². The van der Waals surface area contributed by atoms with E-state index in [1.165, 1.54) is 6.42 Å². The molecular formula is C14H18BrNO. The van der Waals surface area contributed by atoms with Crippen LogP contribution in [0, 0.1) is 11.8 Å². The molecule has 2 unspecified atom stereocenters. The molecule has 1 aliphatic rings. The Kier molecular flexibility index (Phi) is 3.57. The summed E-state index contributed by atoms with van der Waals surface area (Å²) in [4.78, 5) is 13.8. The number of carbonyl (C=O) groups excluding carboxylic acids is 1. The number of hydrogen-bond donors (Lipinski definition) is 0. The van der Waals surface area contributed by atoms with Crippen LogP contribution in [0.25, 0.3) is 0 Å². The summed E-state index contributed by atoms with van der Waals surface area (Å²) in [5, 5.41) is 0. The van der Waals surface area contributed by atoms with E-state index >= 15 is 0 Å². The van der Waals surface area contributed by atoms with Crippen molar-refractivity contribution in [2.45, 2.75) is 20.3 Å². The Balaban J connectivity index is 2.22. The van der Waals surface area contributed by atoms with Gasteiger partial charge in [0.2, 0.25) is 0 Å². The van der Waals surface area contributed by atoms with Crippen molar-refractivity contribution in [1.82, 2.24) is 0 Å². The zero-order valence-corrected chi connectivity index (χ0v) is 12.1. The van der Waals surface area contributed by atoms with Gasteiger partial charge < -0.3 is 4.90 Å². The number of benzene rings is 1. The first kappa shape index (κ1) is 12.6. The Labute approximate surface area is 111 Å². The van der Waals surface area contributed by atoms with Crippen LogP contribution < -0.4 is 4.90 Å². The fourth-order valence-corrected chi connectivity index (χ4v) is 2.57. The molecule has 0 aromatic heterocycles. The summed E-state index contributed by atoms with van der Waals surface area (Å²) in [6.45, 7) is 4.95. The number of anilines is 1. The van der Waals surface area contributed by atoms with Gasteiger partial charge in [0.15, 0.2) is 5.78 Å². The van der Waals surface area contributed by atoms with Crippen LogP contribution in [0.15, 0.2) is 22.7 Å². The summed E-state index contributed by atoms with van der Waals surface area (Å²) < 4.78 is 1.02. The Morgan fingerprint density at radius 3 is 2.71 bits per heavy atom. The van der Waals surface area contributed by atoms with Crippen LogP contribution in [-0.4, -0.2) is 19.4 Å². The molecule has 0 saturated heterocycles. The van der Waals surface area contributed by atoms with E-state index in [4.69, 9.17) is 0 Å². The summed E-state index contributed by atoms with van der Waals surface area (Å²) in [6.07, 6.45) is 1.31. The second kappa shape index (κ2) is 4.81. The van der Waals surface area contributed by atoms with Crippen molar-refractivity contribution < 1.29 is 4.79 Å². The average Bonchev–Trinajstić information content (AvgIpc) is 2.93. The van der Waals surface area contributed by atoms with Crippen LogP contribution in [0.5, 0.6) is 0 Å². The van der Waals surface area contributed by atoms with Crippen molar-refractivity contribution in [1.29, 1.82) is 0 Å². The number of rotatable bonds is 4. The molecule has 1 saturated carbocycles. The molecule has 17 heavy (non-hydrogen) atoms. The quantitative estimate of drug-likeness (QED) is 0.789. The molecule has 1 aromatic rings. The molecule has 0 aliphatic heterocycles. The fourth-order valence-electron chi connectivity index (χ4n) is 2.22. The van der Waals surface area contributed by atoms with E-state index in [0.717, 1.165) is 34.1 Å². The molecule has 2 rings (SSSR count). The van der Waals surface area contributed by atoms with Crippen molar-refractivity contribution >= 4 is 27.4 Å². The summed E-state index contributed by atoms with van der Waals surface area (Å²) in [7, 11) is 2.07. The fraction of sp³-hybridized carbons (Fsp3) is 0.500. The molecule has 92 valence electrons. The normalized spacial score (nSPS) is 22.4. The molecular weight excluding hydrogens is 278 g/mol. The largest absolute Gasteiger partial charge is 0.374 e. The Morgan fingerprint density at radius 1 is 1.53 bits per heavy atom. The minimum atomic E-state index is 0.128. The first-order valence-corrected chi connectivity index (χ1v) is 6.80. The number of hydrogen-bond acceptors (Lipinski definition) is 2. The van der Waals surface area contributed by atoms with Crippen LogP contribution in [-0.2, 0) is 0 Å². The number of halogens is 1. The minimum Gasteiger partial charge on any atom is -0.374 e. The van der Waals surface area contributed by atoms with Gasteiger partial charge in [-0.05, 0) is 43.4 Å². The van der Waals surface area contributed by atoms with Crippen LogP contribution in [0.3, 0.4) is 0 Å². The van der Waals surface area contributed by atoms with E-state index < -0.39 is 0 Å². The van der Waals surface area contributed by atoms with Gasteiger partial charge in [-0.1, -0.05) is 22.9 Å². The van der Waals surface area contributed by atoms with Crippen LogP contribution >= 0.6 is 15.9 Å². The van der Waals surface area contributed by atoms with Gasteiger partial charge in [0.25, 0.3) is 0 Å². The van der Waals surface area contributed by atoms with Gasteiger partial charge in [-0.2, -0.15) is 0 Å². The third-order valence-corrected chi connectivity index (χ3v) is 4.03. The number of Topliss-reactive ketones (excluding diaryl/α,β-unsaturated/α-hetero) is 1. The highest BCUT2D eigenvalue weighted by Gasteiger charge is 2.33. The molecule has 2 atom stereocenters. The van der Waals surface area contributed by atoms with Gasteiger partial charge in [0.05, 0.1) is 0 Å². The highest BCUT2D eigenvalue weighted by Crippen LogP contribution is 2.39. The maximum atomic E-state index is 11.6. The third kappa shape index (κ3) is 2.89. The molecule has 1 aromatic carbocycles. The third-order valence-electron chi connectivity index (χ3n) is 3.53. The molecule has 0 heterocycles. The van der Waals surface area contributed by atoms with E-state index in [0.29, 0.717) is 0 Å². The molecule has 0 N–H and O–H groups in total. The zero-order valence-electron chi connectivity index (χ0n) is 10.5. The molecule has 0 spiro atoms. The first-order valence-electron chi connectivity index (χ1n) is 6.00. The lowest BCUT2D eigenvalue weighted by Gasteiger charge is -2.22. The van der Waals surface area contributed by atoms with Gasteiger partial charge in [-0.25, -0.2) is 0 Å². The van der Waals surface area contributed by atoms with E-state index in [1.807, 2.05) is 18.2 Å². The smallest absolute Gasteiger partial charge is 0.161 e. The highest BCUT2D eigenvalue weighted by molar-refractivity contribution is 9.10. The molecule has 2 nitrogen and oxygen atoms in total. The molecule has 0 radical (unpaired) electrons. The number of carbonyl (C=O) groups is 1. The Bertz CT molecular complexity index is 444. The Hall–Kier alpha value is -0.830. The molecule has 3 heteroatoms. The van der Waals surface area contributed by atoms with Crippen LogP contribution in [0.1, 0.15) is 30.6 Å². The monoisotopic (exact) mass is 295 g/mol. The lowest BCUT2D eigenvalue weighted by Crippen LogP contribution is -2.22. The Morgan fingerprint density at radius 2 is 2.18 bits per heavy atom. The lowest BCUT2D eigenvalue weighted by atomic mass is 10.1. The molecule has 0 amide bonds. The van der Waals surface area contributed by atoms with Crippen molar-refractivity contribution in [3.63, 3.8) is 0 Å². The summed E-state index contributed by atoms with van der Waals surface area (Å²) in [6, 6.07) is 5.85. The van der Waals surface area contributed by atoms with Crippen LogP contribution in [0.4, 0.5) is 5.69 Å². The second-order valence-electron chi connectivity index (χ2n) is 5.07. The second-order valence-corrected chi connectivity index (χ2v) is 5.99. The molecule has 0 bridgehead atoms. The predicted octanol–water partition coefficient (Wildman–Crippen LogP) is 3.74. The van der Waals surface area contributed by atoms with Gasteiger partial charge in [-0.15, -0.1) is 0 Å². The lowest BCUT2D eigenvalue weighted by molar-refractivity contribution is 0.101. The predicted molar refractivity (Wildman–Crippen MR) is 74.7 cm³/mol. The van der Waals surface area contributed by atoms with Crippen molar-refractivity contribution in [2.75, 3.05) is 18.5 Å². The van der Waals surface area contributed by atoms with Gasteiger partial charge in [0.1, 0.15) is 0 Å². The van der Waals surface area contributed by atoms with Crippen molar-refractivity contribution in [3.05, 3.63) is 28.2 Å². The first-order chi connectivity index (χ1) is 7.99. The van der Waals surface area contributed by atoms with E-state index in [-0.39, 0.29) is 5.78 Å². The molecule has 1 aliphatic carbocycles. The van der Waals surface area contributed by atoms with Crippen molar-refractivity contribution in [2.24, 2.45) is 11.8 Å². The number of nitrogens with zero attached hydrogens (tertiary/aromatic N) is 1. The summed E-state index contributed by atoms with van der Waals surface area (Å²) in [5.74, 6) is 1.76. The minimum absolute atomic E-state index is 0.128. The highest BCUT2D eigenvalue weighted by atomic mass is 79.9. The topological polar surface area (TPSA) is 20.3 Å². The van der Waals surface area contributed by atoms with E-state index in [2.05, 4.69) is 34.8 Å². The van der Waals surface area contributed by atoms with Crippen molar-refractivity contribution in [3.8, 4) is 0 Å². The maximum absolute atomic E-state index is 11.6. The average molecular weight is 296 g/mol. The van der Waals surface area contributed by atoms with E-state index in [1.54, 1.807) is 6.92 Å². The summed E-state index contributed by atoms with van der Waals surface area (Å²) >= 11 is 3.47. The van der Waals surface area contributed by atoms with Crippen LogP contribution in [0.2, 0.25) is 0 Å². The van der Waals surface area contributed by atoms with E-state index in [9.17, 15) is 4.79 Å². The molecule has 1 fully saturated rings. The van der Waals surface area contributed by atoms with Gasteiger partial charge in [0, 0.05) is 29.3 Å². The maximum Gasteiger partial charge on any atom is 0.161 e. The van der Waals surface area contributed by atoms with Gasteiger partial charge >= 0.3 is 0 Å².